The van der Waals surface area contributed by atoms with E-state index >= 15 is 4.39 Å². The number of piperidine rings is 1. The van der Waals surface area contributed by atoms with E-state index < -0.39 is 6.17 Å². The molecule has 4 heterocycles. The highest BCUT2D eigenvalue weighted by atomic mass is 35.5. The van der Waals surface area contributed by atoms with Crippen molar-refractivity contribution in [1.29, 1.82) is 0 Å². The van der Waals surface area contributed by atoms with E-state index in [1.807, 2.05) is 30.3 Å². The summed E-state index contributed by atoms with van der Waals surface area (Å²) in [6.07, 6.45) is 5.22. The Morgan fingerprint density at radius 2 is 2.16 bits per heavy atom. The molecule has 0 saturated carbocycles. The first kappa shape index (κ1) is 27.2. The zero-order chi connectivity index (χ0) is 26.6. The number of aromatic nitrogens is 2. The van der Waals surface area contributed by atoms with Gasteiger partial charge in [-0.25, -0.2) is 9.37 Å². The first-order valence-electron chi connectivity index (χ1n) is 13.3. The maximum atomic E-state index is 15.3. The van der Waals surface area contributed by atoms with Crippen molar-refractivity contribution < 1.29 is 13.9 Å². The number of hydrogen-bond acceptors (Lipinski definition) is 6. The minimum absolute atomic E-state index is 0.00133. The van der Waals surface area contributed by atoms with Crippen LogP contribution < -0.4 is 10.1 Å². The molecular formula is C29H34ClFN4O2S. The van der Waals surface area contributed by atoms with Crippen LogP contribution in [0.15, 0.2) is 41.4 Å². The van der Waals surface area contributed by atoms with E-state index in [0.29, 0.717) is 29.1 Å². The summed E-state index contributed by atoms with van der Waals surface area (Å²) < 4.78 is 20.7. The monoisotopic (exact) mass is 556 g/mol. The molecule has 0 spiro atoms. The van der Waals surface area contributed by atoms with E-state index in [-0.39, 0.29) is 11.8 Å². The number of aryl methyl sites for hydroxylation is 1. The predicted octanol–water partition coefficient (Wildman–Crippen LogP) is 6.20. The first-order chi connectivity index (χ1) is 18.4. The number of rotatable bonds is 9. The second kappa shape index (κ2) is 12.2. The molecule has 1 fully saturated rings. The number of ether oxygens (including phenoxy) is 1. The minimum atomic E-state index is -0.836. The van der Waals surface area contributed by atoms with Gasteiger partial charge in [-0.15, -0.1) is 11.8 Å². The van der Waals surface area contributed by atoms with Crippen molar-refractivity contribution in [1.82, 2.24) is 14.9 Å². The highest BCUT2D eigenvalue weighted by Gasteiger charge is 2.32. The van der Waals surface area contributed by atoms with Gasteiger partial charge >= 0.3 is 0 Å². The Morgan fingerprint density at radius 3 is 2.97 bits per heavy atom. The van der Waals surface area contributed by atoms with Crippen molar-refractivity contribution >= 4 is 46.0 Å². The summed E-state index contributed by atoms with van der Waals surface area (Å²) in [6.45, 7) is 4.29. The lowest BCUT2D eigenvalue weighted by atomic mass is 9.81. The molecule has 2 aliphatic rings. The quantitative estimate of drug-likeness (QED) is 0.338. The predicted molar refractivity (Wildman–Crippen MR) is 152 cm³/mol. The van der Waals surface area contributed by atoms with Crippen LogP contribution in [-0.2, 0) is 17.6 Å². The number of benzene rings is 1. The smallest absolute Gasteiger partial charge is 0.235 e. The lowest BCUT2D eigenvalue weighted by molar-refractivity contribution is -0.113. The normalized spacial score (nSPS) is 20.7. The van der Waals surface area contributed by atoms with E-state index in [1.165, 1.54) is 11.8 Å². The highest BCUT2D eigenvalue weighted by molar-refractivity contribution is 8.00. The lowest BCUT2D eigenvalue weighted by Gasteiger charge is -2.37. The van der Waals surface area contributed by atoms with Crippen LogP contribution in [0.2, 0.25) is 5.02 Å². The van der Waals surface area contributed by atoms with E-state index in [2.05, 4.69) is 27.1 Å². The Bertz CT molecular complexity index is 1310. The number of alkyl halides is 1. The average molecular weight is 557 g/mol. The van der Waals surface area contributed by atoms with Crippen LogP contribution in [0.4, 0.5) is 10.2 Å². The van der Waals surface area contributed by atoms with Gasteiger partial charge in [-0.2, -0.15) is 0 Å². The number of hydrogen-bond donors (Lipinski definition) is 1. The standard InChI is InChI=1S/C29H34ClFN4O2S/c1-18(4-3-5-19-6-9-27-29(33-19)34-28(36)17-38-27)21-10-12-35(16-25(21)31)13-11-22-23-14-20(37-2)7-8-26(23)32-15-24(22)30/h6-9,14-15,18,21,25H,3-5,10-13,16-17H2,1-2H3,(H,33,34,36)/t18?,21?,25-/m1/s1. The third-order valence-corrected chi connectivity index (χ3v) is 9.22. The number of carbonyl (C=O) groups excluding carboxylic acids is 1. The van der Waals surface area contributed by atoms with Crippen LogP contribution >= 0.6 is 23.4 Å². The van der Waals surface area contributed by atoms with Crippen molar-refractivity contribution in [2.75, 3.05) is 37.8 Å². The van der Waals surface area contributed by atoms with Crippen molar-refractivity contribution in [3.05, 3.63) is 52.8 Å². The van der Waals surface area contributed by atoms with Gasteiger partial charge < -0.3 is 15.0 Å². The molecule has 2 aliphatic heterocycles. The molecule has 3 aromatic rings. The molecular weight excluding hydrogens is 523 g/mol. The molecule has 9 heteroatoms. The van der Waals surface area contributed by atoms with Crippen molar-refractivity contribution in [2.45, 2.75) is 50.1 Å². The van der Waals surface area contributed by atoms with Gasteiger partial charge in [0.25, 0.3) is 0 Å². The number of amides is 1. The number of carbonyl (C=O) groups is 1. The maximum Gasteiger partial charge on any atom is 0.235 e. The zero-order valence-corrected chi connectivity index (χ0v) is 23.5. The summed E-state index contributed by atoms with van der Waals surface area (Å²) in [5, 5.41) is 4.49. The van der Waals surface area contributed by atoms with E-state index in [4.69, 9.17) is 16.3 Å². The summed E-state index contributed by atoms with van der Waals surface area (Å²) in [5.41, 5.74) is 2.90. The Hall–Kier alpha value is -2.42. The SMILES string of the molecule is COc1ccc2ncc(Cl)c(CCN3CCC(C(C)CCCc4ccc5c(n4)NC(=O)CS5)[C@H](F)C3)c2c1. The zero-order valence-electron chi connectivity index (χ0n) is 21.9. The van der Waals surface area contributed by atoms with Gasteiger partial charge in [0.05, 0.1) is 28.3 Å². The number of fused-ring (bicyclic) bond motifs is 2. The molecule has 0 radical (unpaired) electrons. The minimum Gasteiger partial charge on any atom is -0.497 e. The van der Waals surface area contributed by atoms with E-state index in [1.54, 1.807) is 13.3 Å². The number of thioether (sulfide) groups is 1. The Balaban J connectivity index is 1.11. The molecule has 1 saturated heterocycles. The molecule has 38 heavy (non-hydrogen) atoms. The molecule has 1 N–H and O–H groups in total. The molecule has 5 rings (SSSR count). The third-order valence-electron chi connectivity index (χ3n) is 7.84. The fraction of sp³-hybridized carbons (Fsp3) is 0.483. The van der Waals surface area contributed by atoms with Crippen LogP contribution in [-0.4, -0.2) is 59.4 Å². The second-order valence-corrected chi connectivity index (χ2v) is 11.8. The molecule has 1 aromatic carbocycles. The van der Waals surface area contributed by atoms with Gasteiger partial charge in [0.2, 0.25) is 5.91 Å². The molecule has 2 unspecified atom stereocenters. The Labute approximate surface area is 232 Å². The summed E-state index contributed by atoms with van der Waals surface area (Å²) in [7, 11) is 1.65. The van der Waals surface area contributed by atoms with Crippen LogP contribution in [0, 0.1) is 11.8 Å². The Morgan fingerprint density at radius 1 is 1.29 bits per heavy atom. The largest absolute Gasteiger partial charge is 0.497 e. The first-order valence-corrected chi connectivity index (χ1v) is 14.7. The number of nitrogens with one attached hydrogen (secondary N) is 1. The molecule has 0 aliphatic carbocycles. The van der Waals surface area contributed by atoms with Gasteiger partial charge in [0.1, 0.15) is 17.7 Å². The molecule has 202 valence electrons. The highest BCUT2D eigenvalue weighted by Crippen LogP contribution is 2.33. The van der Waals surface area contributed by atoms with Gasteiger partial charge in [-0.05, 0) is 86.4 Å². The van der Waals surface area contributed by atoms with Gasteiger partial charge in [-0.1, -0.05) is 18.5 Å². The number of likely N-dealkylation sites (tertiary alicyclic amines) is 1. The van der Waals surface area contributed by atoms with Crippen LogP contribution in [0.1, 0.15) is 37.4 Å². The summed E-state index contributed by atoms with van der Waals surface area (Å²) in [4.78, 5) is 24.0. The average Bonchev–Trinajstić information content (AvgIpc) is 2.92. The molecule has 0 bridgehead atoms. The summed E-state index contributed by atoms with van der Waals surface area (Å²) >= 11 is 8.05. The number of nitrogens with zero attached hydrogens (tertiary/aromatic N) is 3. The molecule has 6 nitrogen and oxygen atoms in total. The van der Waals surface area contributed by atoms with Crippen molar-refractivity contribution in [3.8, 4) is 5.75 Å². The summed E-state index contributed by atoms with van der Waals surface area (Å²) in [6, 6.07) is 9.89. The topological polar surface area (TPSA) is 67.3 Å². The number of halogens is 2. The lowest BCUT2D eigenvalue weighted by Crippen LogP contribution is -2.44. The van der Waals surface area contributed by atoms with Crippen molar-refractivity contribution in [3.63, 3.8) is 0 Å². The van der Waals surface area contributed by atoms with E-state index in [0.717, 1.165) is 78.0 Å². The second-order valence-electron chi connectivity index (χ2n) is 10.3. The van der Waals surface area contributed by atoms with E-state index in [9.17, 15) is 4.79 Å². The van der Waals surface area contributed by atoms with Gasteiger partial charge in [-0.3, -0.25) is 9.78 Å². The van der Waals surface area contributed by atoms with Gasteiger partial charge in [0.15, 0.2) is 0 Å². The van der Waals surface area contributed by atoms with Gasteiger partial charge in [0, 0.05) is 30.4 Å². The Kier molecular flexibility index (Phi) is 8.71. The van der Waals surface area contributed by atoms with Crippen molar-refractivity contribution in [2.24, 2.45) is 11.8 Å². The van der Waals surface area contributed by atoms with Crippen LogP contribution in [0.5, 0.6) is 5.75 Å². The number of anilines is 1. The molecule has 2 aromatic heterocycles. The van der Waals surface area contributed by atoms with Crippen LogP contribution in [0.25, 0.3) is 10.9 Å². The molecule has 1 amide bonds. The van der Waals surface area contributed by atoms with Crippen LogP contribution in [0.3, 0.4) is 0 Å². The fourth-order valence-corrected chi connectivity index (χ4v) is 6.65. The molecule has 3 atom stereocenters. The summed E-state index contributed by atoms with van der Waals surface area (Å²) in [5.74, 6) is 2.28. The fourth-order valence-electron chi connectivity index (χ4n) is 5.65. The number of pyridine rings is 2. The third kappa shape index (κ3) is 6.24. The maximum absolute atomic E-state index is 15.3. The number of methoxy groups -OCH3 is 1.